The van der Waals surface area contributed by atoms with Gasteiger partial charge in [0.15, 0.2) is 0 Å². The molecule has 15 nitrogen and oxygen atoms in total. The predicted octanol–water partition coefficient (Wildman–Crippen LogP) is 10.1. The third-order valence-electron chi connectivity index (χ3n) is 12.1. The van der Waals surface area contributed by atoms with Gasteiger partial charge in [-0.05, 0) is 112 Å². The number of hydrogen-bond donors (Lipinski definition) is 5. The Morgan fingerprint density at radius 2 is 0.917 bits per heavy atom. The standard InChI is InChI=1S/C57H68N2O13/c1-6-8-24-70-26-16-22-58(54(64)40-18-12-10-13-19-40)35-42-28-37(3)30-44(50(42)62)46-32-39(5)33-47(52(46)72-53(57(68)69)48(56(66)67)34-49(60)61)45-31-38(4)29-43(51(45)63)36-59(23-17-27-71-25-9-7-2)55(65)41-20-14-11-15-21-41/h10-15,18-21,28-33,48,53,62-63H,6-9,16-17,22-27,34-36H2,1-5H3,(H,60,61)(H,66,67)(H,68,69). The molecule has 0 radical (unpaired) electrons. The molecule has 2 atom stereocenters. The predicted molar refractivity (Wildman–Crippen MR) is 273 cm³/mol. The second-order valence-corrected chi connectivity index (χ2v) is 18.1. The van der Waals surface area contributed by atoms with Crippen LogP contribution in [-0.4, -0.2) is 111 Å². The second kappa shape index (κ2) is 27.4. The van der Waals surface area contributed by atoms with Gasteiger partial charge in [0.2, 0.25) is 6.10 Å². The van der Waals surface area contributed by atoms with Gasteiger partial charge >= 0.3 is 17.9 Å². The molecule has 2 unspecified atom stereocenters. The summed E-state index contributed by atoms with van der Waals surface area (Å²) >= 11 is 0. The number of phenolic OH excluding ortho intramolecular Hbond substituents is 2. The number of carbonyl (C=O) groups excluding carboxylic acids is 2. The summed E-state index contributed by atoms with van der Waals surface area (Å²) in [5, 5.41) is 55.4. The number of aryl methyl sites for hydroxylation is 3. The average Bonchev–Trinajstić information content (AvgIpc) is 3.35. The molecule has 2 amide bonds. The van der Waals surface area contributed by atoms with Crippen molar-refractivity contribution in [3.8, 4) is 39.5 Å². The minimum absolute atomic E-state index is 0.0550. The molecule has 0 bridgehead atoms. The van der Waals surface area contributed by atoms with Crippen molar-refractivity contribution in [3.63, 3.8) is 0 Å². The SMILES string of the molecule is CCCCOCCCN(Cc1cc(C)cc(-c2cc(C)cc(-c3cc(C)cc(CN(CCCOCCCC)C(=O)c4ccccc4)c3O)c2OC(C(=O)O)C(CC(=O)O)C(=O)O)c1O)C(=O)c1ccccc1. The van der Waals surface area contributed by atoms with Crippen LogP contribution in [0.1, 0.15) is 107 Å². The van der Waals surface area contributed by atoms with Crippen LogP contribution < -0.4 is 4.74 Å². The molecule has 0 saturated carbocycles. The quantitative estimate of drug-likeness (QED) is 0.0282. The highest BCUT2D eigenvalue weighted by atomic mass is 16.5. The fraction of sp³-hybridized carbons (Fsp3) is 0.386. The number of amides is 2. The molecule has 5 N–H and O–H groups in total. The molecule has 0 spiro atoms. The van der Waals surface area contributed by atoms with E-state index in [0.717, 1.165) is 25.7 Å². The number of rotatable bonds is 29. The number of benzene rings is 5. The summed E-state index contributed by atoms with van der Waals surface area (Å²) in [7, 11) is 0. The zero-order valence-corrected chi connectivity index (χ0v) is 41.9. The van der Waals surface area contributed by atoms with Gasteiger partial charge in [0.25, 0.3) is 11.8 Å². The van der Waals surface area contributed by atoms with Gasteiger partial charge in [-0.2, -0.15) is 0 Å². The van der Waals surface area contributed by atoms with Crippen LogP contribution in [0.25, 0.3) is 22.3 Å². The van der Waals surface area contributed by atoms with Gasteiger partial charge in [-0.25, -0.2) is 4.79 Å². The van der Waals surface area contributed by atoms with Crippen LogP contribution in [0.2, 0.25) is 0 Å². The van der Waals surface area contributed by atoms with Crippen molar-refractivity contribution in [2.24, 2.45) is 5.92 Å². The Bertz CT molecular complexity index is 2490. The van der Waals surface area contributed by atoms with E-state index in [0.29, 0.717) is 78.2 Å². The number of aliphatic carboxylic acids is 3. The first kappa shape index (κ1) is 55.7. The third kappa shape index (κ3) is 15.4. The molecule has 5 aromatic carbocycles. The Morgan fingerprint density at radius 1 is 0.528 bits per heavy atom. The van der Waals surface area contributed by atoms with Crippen molar-refractivity contribution >= 4 is 29.7 Å². The van der Waals surface area contributed by atoms with Crippen LogP contribution in [0.15, 0.2) is 97.1 Å². The normalized spacial score (nSPS) is 12.0. The lowest BCUT2D eigenvalue weighted by molar-refractivity contribution is -0.160. The fourth-order valence-corrected chi connectivity index (χ4v) is 8.46. The van der Waals surface area contributed by atoms with Crippen LogP contribution in [0, 0.1) is 26.7 Å². The fourth-order valence-electron chi connectivity index (χ4n) is 8.46. The van der Waals surface area contributed by atoms with E-state index in [1.807, 2.05) is 0 Å². The maximum atomic E-state index is 14.1. The summed E-state index contributed by atoms with van der Waals surface area (Å²) in [5.41, 5.74) is 3.79. The van der Waals surface area contributed by atoms with E-state index >= 15 is 0 Å². The summed E-state index contributed by atoms with van der Waals surface area (Å²) < 4.78 is 17.9. The topological polar surface area (TPSA) is 221 Å². The van der Waals surface area contributed by atoms with Crippen molar-refractivity contribution < 1.29 is 63.7 Å². The Morgan fingerprint density at radius 3 is 1.29 bits per heavy atom. The number of phenols is 2. The molecule has 5 rings (SSSR count). The van der Waals surface area contributed by atoms with Gasteiger partial charge in [-0.3, -0.25) is 19.2 Å². The molecule has 0 heterocycles. The molecule has 0 fully saturated rings. The van der Waals surface area contributed by atoms with E-state index in [1.54, 1.807) is 128 Å². The molecular weight excluding hydrogens is 921 g/mol. The molecule has 0 saturated heterocycles. The highest BCUT2D eigenvalue weighted by Gasteiger charge is 2.39. The Labute approximate surface area is 421 Å². The lowest BCUT2D eigenvalue weighted by Gasteiger charge is -2.27. The Kier molecular flexibility index (Phi) is 21.2. The van der Waals surface area contributed by atoms with Gasteiger partial charge < -0.3 is 49.5 Å². The van der Waals surface area contributed by atoms with Gasteiger partial charge in [0, 0.05) is 97.1 Å². The van der Waals surface area contributed by atoms with Crippen molar-refractivity contribution in [1.29, 1.82) is 0 Å². The average molecular weight is 989 g/mol. The van der Waals surface area contributed by atoms with E-state index in [2.05, 4.69) is 13.8 Å². The number of unbranched alkanes of at least 4 members (excludes halogenated alkanes) is 2. The Hall–Kier alpha value is -7.23. The van der Waals surface area contributed by atoms with Crippen molar-refractivity contribution in [2.45, 2.75) is 98.8 Å². The molecule has 0 aliphatic rings. The van der Waals surface area contributed by atoms with E-state index in [1.165, 1.54) is 0 Å². The van der Waals surface area contributed by atoms with Crippen molar-refractivity contribution in [2.75, 3.05) is 39.5 Å². The molecule has 384 valence electrons. The van der Waals surface area contributed by atoms with Crippen LogP contribution in [0.4, 0.5) is 0 Å². The lowest BCUT2D eigenvalue weighted by Crippen LogP contribution is -2.41. The third-order valence-corrected chi connectivity index (χ3v) is 12.1. The van der Waals surface area contributed by atoms with Gasteiger partial charge in [0.05, 0.1) is 6.42 Å². The summed E-state index contributed by atoms with van der Waals surface area (Å²) in [4.78, 5) is 69.2. The second-order valence-electron chi connectivity index (χ2n) is 18.1. The van der Waals surface area contributed by atoms with E-state index in [9.17, 15) is 49.5 Å². The largest absolute Gasteiger partial charge is 0.507 e. The van der Waals surface area contributed by atoms with Crippen molar-refractivity contribution in [3.05, 3.63) is 136 Å². The number of hydrogen-bond acceptors (Lipinski definition) is 10. The maximum Gasteiger partial charge on any atom is 0.345 e. The van der Waals surface area contributed by atoms with Crippen LogP contribution in [0.5, 0.6) is 17.2 Å². The summed E-state index contributed by atoms with van der Waals surface area (Å²) in [5.74, 6) is -8.59. The van der Waals surface area contributed by atoms with Crippen LogP contribution in [0.3, 0.4) is 0 Å². The van der Waals surface area contributed by atoms with Crippen LogP contribution >= 0.6 is 0 Å². The first-order chi connectivity index (χ1) is 34.5. The van der Waals surface area contributed by atoms with Crippen LogP contribution in [-0.2, 0) is 36.9 Å². The molecule has 0 aliphatic carbocycles. The smallest absolute Gasteiger partial charge is 0.345 e. The number of aromatic hydroxyl groups is 2. The van der Waals surface area contributed by atoms with Gasteiger partial charge in [-0.1, -0.05) is 75.2 Å². The first-order valence-electron chi connectivity index (χ1n) is 24.5. The van der Waals surface area contributed by atoms with E-state index < -0.39 is 36.4 Å². The molecule has 72 heavy (non-hydrogen) atoms. The minimum atomic E-state index is -2.28. The molecule has 15 heteroatoms. The van der Waals surface area contributed by atoms with Gasteiger partial charge in [-0.15, -0.1) is 0 Å². The summed E-state index contributed by atoms with van der Waals surface area (Å²) in [6.45, 7) is 11.9. The minimum Gasteiger partial charge on any atom is -0.507 e. The van der Waals surface area contributed by atoms with E-state index in [-0.39, 0.29) is 77.5 Å². The molecule has 0 aliphatic heterocycles. The number of carbonyl (C=O) groups is 5. The number of nitrogens with zero attached hydrogens (tertiary/aromatic N) is 2. The zero-order valence-electron chi connectivity index (χ0n) is 41.9. The molecule has 0 aromatic heterocycles. The monoisotopic (exact) mass is 988 g/mol. The molecular formula is C57H68N2O13. The molecule has 5 aromatic rings. The highest BCUT2D eigenvalue weighted by molar-refractivity contribution is 5.95. The van der Waals surface area contributed by atoms with Crippen molar-refractivity contribution in [1.82, 2.24) is 9.80 Å². The number of carboxylic acids is 3. The number of carboxylic acid groups (broad SMARTS) is 3. The number of ether oxygens (including phenoxy) is 3. The highest BCUT2D eigenvalue weighted by Crippen LogP contribution is 2.48. The summed E-state index contributed by atoms with van der Waals surface area (Å²) in [6.07, 6.45) is 1.37. The van der Waals surface area contributed by atoms with E-state index in [4.69, 9.17) is 14.2 Å². The maximum absolute atomic E-state index is 14.1. The summed E-state index contributed by atoms with van der Waals surface area (Å²) in [6, 6.07) is 27.4. The first-order valence-corrected chi connectivity index (χ1v) is 24.5. The zero-order chi connectivity index (χ0) is 52.3. The Balaban J connectivity index is 1.69. The van der Waals surface area contributed by atoms with Gasteiger partial charge in [0.1, 0.15) is 23.2 Å². The lowest BCUT2D eigenvalue weighted by atomic mass is 9.90.